The maximum atomic E-state index is 11.7. The van der Waals surface area contributed by atoms with Gasteiger partial charge in [-0.2, -0.15) is 0 Å². The number of fused-ring (bicyclic) bond motifs is 1. The van der Waals surface area contributed by atoms with Crippen LogP contribution in [0.4, 0.5) is 0 Å². The Labute approximate surface area is 123 Å². The highest BCUT2D eigenvalue weighted by Gasteiger charge is 2.13. The molecule has 0 bridgehead atoms. The first-order valence-corrected chi connectivity index (χ1v) is 7.11. The lowest BCUT2D eigenvalue weighted by Gasteiger charge is -2.11. The van der Waals surface area contributed by atoms with E-state index in [1.165, 1.54) is 17.5 Å². The SMILES string of the molecule is NNC(=O)c1ccccc1COc1ccc2c(c1)CCC2. The van der Waals surface area contributed by atoms with Crippen molar-refractivity contribution in [2.24, 2.45) is 5.84 Å². The number of nitrogens with two attached hydrogens (primary N) is 1. The lowest BCUT2D eigenvalue weighted by Crippen LogP contribution is -2.30. The molecule has 108 valence electrons. The number of hydrazine groups is 1. The Kier molecular flexibility index (Phi) is 3.88. The van der Waals surface area contributed by atoms with Crippen molar-refractivity contribution < 1.29 is 9.53 Å². The van der Waals surface area contributed by atoms with Crippen LogP contribution in [-0.4, -0.2) is 5.91 Å². The summed E-state index contributed by atoms with van der Waals surface area (Å²) in [7, 11) is 0. The molecule has 0 aromatic heterocycles. The van der Waals surface area contributed by atoms with E-state index in [1.54, 1.807) is 6.07 Å². The minimum Gasteiger partial charge on any atom is -0.489 e. The molecule has 3 N–H and O–H groups in total. The normalized spacial score (nSPS) is 12.8. The summed E-state index contributed by atoms with van der Waals surface area (Å²) in [6, 6.07) is 13.5. The molecule has 0 spiro atoms. The van der Waals surface area contributed by atoms with Crippen molar-refractivity contribution in [3.63, 3.8) is 0 Å². The van der Waals surface area contributed by atoms with Gasteiger partial charge in [0.1, 0.15) is 12.4 Å². The predicted octanol–water partition coefficient (Wildman–Crippen LogP) is 2.36. The quantitative estimate of drug-likeness (QED) is 0.514. The Morgan fingerprint density at radius 2 is 1.95 bits per heavy atom. The minimum atomic E-state index is -0.303. The Morgan fingerprint density at radius 1 is 1.14 bits per heavy atom. The lowest BCUT2D eigenvalue weighted by atomic mass is 10.1. The number of hydrogen-bond acceptors (Lipinski definition) is 3. The predicted molar refractivity (Wildman–Crippen MR) is 80.9 cm³/mol. The molecule has 1 aliphatic carbocycles. The van der Waals surface area contributed by atoms with Crippen LogP contribution in [0.3, 0.4) is 0 Å². The minimum absolute atomic E-state index is 0.303. The van der Waals surface area contributed by atoms with Crippen LogP contribution in [-0.2, 0) is 19.4 Å². The summed E-state index contributed by atoms with van der Waals surface area (Å²) in [5, 5.41) is 0. The number of benzene rings is 2. The van der Waals surface area contributed by atoms with Crippen molar-refractivity contribution in [3.8, 4) is 5.75 Å². The number of aryl methyl sites for hydroxylation is 2. The molecule has 1 aliphatic rings. The number of amides is 1. The van der Waals surface area contributed by atoms with Crippen LogP contribution in [0.1, 0.15) is 33.5 Å². The van der Waals surface area contributed by atoms with Crippen molar-refractivity contribution in [2.75, 3.05) is 0 Å². The van der Waals surface area contributed by atoms with Crippen molar-refractivity contribution in [1.29, 1.82) is 0 Å². The molecule has 21 heavy (non-hydrogen) atoms. The van der Waals surface area contributed by atoms with Gasteiger partial charge >= 0.3 is 0 Å². The first-order valence-electron chi connectivity index (χ1n) is 7.11. The number of nitrogens with one attached hydrogen (secondary N) is 1. The number of carbonyl (C=O) groups is 1. The third kappa shape index (κ3) is 2.90. The summed E-state index contributed by atoms with van der Waals surface area (Å²) in [5.74, 6) is 5.74. The molecule has 1 amide bonds. The third-order valence-electron chi connectivity index (χ3n) is 3.86. The number of hydrogen-bond donors (Lipinski definition) is 2. The monoisotopic (exact) mass is 282 g/mol. The Balaban J connectivity index is 1.75. The van der Waals surface area contributed by atoms with Gasteiger partial charge < -0.3 is 4.74 Å². The summed E-state index contributed by atoms with van der Waals surface area (Å²) < 4.78 is 5.83. The van der Waals surface area contributed by atoms with Crippen molar-refractivity contribution in [2.45, 2.75) is 25.9 Å². The summed E-state index contributed by atoms with van der Waals surface area (Å²) in [5.41, 5.74) is 6.32. The van der Waals surface area contributed by atoms with Crippen molar-refractivity contribution in [3.05, 3.63) is 64.7 Å². The molecule has 4 heteroatoms. The van der Waals surface area contributed by atoms with E-state index in [4.69, 9.17) is 10.6 Å². The summed E-state index contributed by atoms with van der Waals surface area (Å²) in [6.45, 7) is 0.350. The third-order valence-corrected chi connectivity index (χ3v) is 3.86. The second-order valence-corrected chi connectivity index (χ2v) is 5.20. The van der Waals surface area contributed by atoms with Gasteiger partial charge in [0.2, 0.25) is 0 Å². The first kappa shape index (κ1) is 13.6. The molecule has 0 heterocycles. The molecule has 2 aromatic carbocycles. The van der Waals surface area contributed by atoms with Crippen molar-refractivity contribution >= 4 is 5.91 Å². The van der Waals surface area contributed by atoms with Gasteiger partial charge in [0.25, 0.3) is 5.91 Å². The van der Waals surface area contributed by atoms with Crippen LogP contribution in [0.15, 0.2) is 42.5 Å². The average molecular weight is 282 g/mol. The molecule has 4 nitrogen and oxygen atoms in total. The smallest absolute Gasteiger partial charge is 0.265 e. The van der Waals surface area contributed by atoms with E-state index in [-0.39, 0.29) is 5.91 Å². The highest BCUT2D eigenvalue weighted by atomic mass is 16.5. The number of rotatable bonds is 4. The molecule has 2 aromatic rings. The van der Waals surface area contributed by atoms with Crippen LogP contribution in [0.2, 0.25) is 0 Å². The topological polar surface area (TPSA) is 64.3 Å². The molecule has 0 fully saturated rings. The van der Waals surface area contributed by atoms with E-state index in [2.05, 4.69) is 17.6 Å². The van der Waals surface area contributed by atoms with Crippen LogP contribution in [0, 0.1) is 0 Å². The van der Waals surface area contributed by atoms with Gasteiger partial charge in [0, 0.05) is 11.1 Å². The Morgan fingerprint density at radius 3 is 2.81 bits per heavy atom. The summed E-state index contributed by atoms with van der Waals surface area (Å²) in [4.78, 5) is 11.7. The standard InChI is InChI=1S/C17H18N2O2/c18-19-17(20)16-7-2-1-4-14(16)11-21-15-9-8-12-5-3-6-13(12)10-15/h1-2,4,7-10H,3,5-6,11,18H2,(H,19,20). The molecule has 0 saturated carbocycles. The number of nitrogen functional groups attached to an aromatic ring is 1. The van der Waals surface area contributed by atoms with Crippen LogP contribution < -0.4 is 16.0 Å². The first-order chi connectivity index (χ1) is 10.3. The summed E-state index contributed by atoms with van der Waals surface area (Å²) >= 11 is 0. The zero-order chi connectivity index (χ0) is 14.7. The fraction of sp³-hybridized carbons (Fsp3) is 0.235. The highest BCUT2D eigenvalue weighted by molar-refractivity contribution is 5.95. The van der Waals surface area contributed by atoms with Gasteiger partial charge in [0.05, 0.1) is 0 Å². The van der Waals surface area contributed by atoms with Crippen LogP contribution in [0.25, 0.3) is 0 Å². The maximum Gasteiger partial charge on any atom is 0.265 e. The molecule has 3 rings (SSSR count). The molecule has 0 aliphatic heterocycles. The molecule has 0 unspecified atom stereocenters. The largest absolute Gasteiger partial charge is 0.489 e. The maximum absolute atomic E-state index is 11.7. The highest BCUT2D eigenvalue weighted by Crippen LogP contribution is 2.26. The van der Waals surface area contributed by atoms with Gasteiger partial charge in [-0.15, -0.1) is 0 Å². The lowest BCUT2D eigenvalue weighted by molar-refractivity contribution is 0.0951. The molecule has 0 saturated heterocycles. The van der Waals surface area contributed by atoms with Gasteiger partial charge in [-0.1, -0.05) is 24.3 Å². The molecular formula is C17H18N2O2. The number of ether oxygens (including phenoxy) is 1. The van der Waals surface area contributed by atoms with E-state index in [1.807, 2.05) is 24.3 Å². The molecule has 0 radical (unpaired) electrons. The molecule has 0 atom stereocenters. The average Bonchev–Trinajstić information content (AvgIpc) is 3.00. The zero-order valence-electron chi connectivity index (χ0n) is 11.8. The Hall–Kier alpha value is -2.33. The zero-order valence-corrected chi connectivity index (χ0v) is 11.8. The molecular weight excluding hydrogens is 264 g/mol. The van der Waals surface area contributed by atoms with E-state index in [0.717, 1.165) is 24.2 Å². The second-order valence-electron chi connectivity index (χ2n) is 5.20. The second kappa shape index (κ2) is 5.97. The van der Waals surface area contributed by atoms with Gasteiger partial charge in [0.15, 0.2) is 0 Å². The van der Waals surface area contributed by atoms with E-state index in [9.17, 15) is 4.79 Å². The fourth-order valence-electron chi connectivity index (χ4n) is 2.74. The number of carbonyl (C=O) groups excluding carboxylic acids is 1. The van der Waals surface area contributed by atoms with Crippen LogP contribution in [0.5, 0.6) is 5.75 Å². The van der Waals surface area contributed by atoms with E-state index >= 15 is 0 Å². The van der Waals surface area contributed by atoms with Crippen LogP contribution >= 0.6 is 0 Å². The van der Waals surface area contributed by atoms with Gasteiger partial charge in [-0.25, -0.2) is 5.84 Å². The van der Waals surface area contributed by atoms with E-state index in [0.29, 0.717) is 12.2 Å². The van der Waals surface area contributed by atoms with E-state index < -0.39 is 0 Å². The fourth-order valence-corrected chi connectivity index (χ4v) is 2.74. The van der Waals surface area contributed by atoms with Crippen molar-refractivity contribution in [1.82, 2.24) is 5.43 Å². The summed E-state index contributed by atoms with van der Waals surface area (Å²) in [6.07, 6.45) is 3.51. The van der Waals surface area contributed by atoms with Gasteiger partial charge in [-0.05, 0) is 48.6 Å². The Bertz CT molecular complexity index is 668. The van der Waals surface area contributed by atoms with Gasteiger partial charge in [-0.3, -0.25) is 10.2 Å².